The van der Waals surface area contributed by atoms with Crippen molar-refractivity contribution >= 4 is 17.3 Å². The van der Waals surface area contributed by atoms with E-state index in [-0.39, 0.29) is 6.23 Å². The van der Waals surface area contributed by atoms with Crippen LogP contribution in [0.4, 0.5) is 5.69 Å². The molecule has 1 aromatic heterocycles. The lowest BCUT2D eigenvalue weighted by Crippen LogP contribution is -2.24. The van der Waals surface area contributed by atoms with Gasteiger partial charge in [0.2, 0.25) is 0 Å². The molecule has 0 N–H and O–H groups in total. The van der Waals surface area contributed by atoms with Crippen LogP contribution in [0, 0.1) is 0 Å². The summed E-state index contributed by atoms with van der Waals surface area (Å²) in [6.45, 7) is 1.95. The minimum atomic E-state index is -0.286. The largest absolute Gasteiger partial charge is 0.495 e. The van der Waals surface area contributed by atoms with Crippen LogP contribution in [0.25, 0.3) is 0 Å². The number of benzene rings is 2. The van der Waals surface area contributed by atoms with Crippen LogP contribution >= 0.6 is 11.6 Å². The first kappa shape index (κ1) is 16.9. The lowest BCUT2D eigenvalue weighted by molar-refractivity contribution is 0.110. The van der Waals surface area contributed by atoms with E-state index in [1.54, 1.807) is 11.8 Å². The van der Waals surface area contributed by atoms with Gasteiger partial charge in [0.1, 0.15) is 11.4 Å². The second-order valence-corrected chi connectivity index (χ2v) is 6.43. The number of rotatable bonds is 5. The van der Waals surface area contributed by atoms with Crippen molar-refractivity contribution in [3.05, 3.63) is 71.0 Å². The Bertz CT molecular complexity index is 899. The van der Waals surface area contributed by atoms with Crippen LogP contribution in [0.15, 0.2) is 54.7 Å². The van der Waals surface area contributed by atoms with Gasteiger partial charge in [-0.1, -0.05) is 47.1 Å². The van der Waals surface area contributed by atoms with E-state index >= 15 is 0 Å². The summed E-state index contributed by atoms with van der Waals surface area (Å²) in [4.78, 5) is 2.14. The normalized spacial score (nSPS) is 16.8. The predicted octanol–water partition coefficient (Wildman–Crippen LogP) is 3.52. The average Bonchev–Trinajstić information content (AvgIpc) is 3.32. The van der Waals surface area contributed by atoms with Gasteiger partial charge in [-0.05, 0) is 23.8 Å². The van der Waals surface area contributed by atoms with Crippen molar-refractivity contribution in [3.63, 3.8) is 0 Å². The molecule has 0 bridgehead atoms. The summed E-state index contributed by atoms with van der Waals surface area (Å²) in [5.41, 5.74) is 2.75. The third kappa shape index (κ3) is 3.25. The van der Waals surface area contributed by atoms with Crippen molar-refractivity contribution in [3.8, 4) is 5.75 Å². The number of anilines is 1. The van der Waals surface area contributed by atoms with E-state index in [0.29, 0.717) is 13.2 Å². The monoisotopic (exact) mass is 370 g/mol. The van der Waals surface area contributed by atoms with E-state index in [0.717, 1.165) is 34.3 Å². The first-order valence-corrected chi connectivity index (χ1v) is 8.79. The molecule has 6 nitrogen and oxygen atoms in total. The number of hydrogen-bond donors (Lipinski definition) is 0. The predicted molar refractivity (Wildman–Crippen MR) is 99.6 cm³/mol. The number of ether oxygens (including phenoxy) is 2. The minimum Gasteiger partial charge on any atom is -0.495 e. The highest BCUT2D eigenvalue weighted by atomic mass is 35.5. The molecule has 0 radical (unpaired) electrons. The number of methoxy groups -OCH3 is 1. The number of hydrogen-bond acceptors (Lipinski definition) is 5. The molecule has 0 spiro atoms. The Morgan fingerprint density at radius 1 is 1.19 bits per heavy atom. The maximum Gasteiger partial charge on any atom is 0.177 e. The van der Waals surface area contributed by atoms with Crippen LogP contribution in [0.1, 0.15) is 17.5 Å². The molecule has 0 amide bonds. The summed E-state index contributed by atoms with van der Waals surface area (Å²) in [6, 6.07) is 15.6. The summed E-state index contributed by atoms with van der Waals surface area (Å²) in [5, 5.41) is 9.28. The summed E-state index contributed by atoms with van der Waals surface area (Å²) in [6.07, 6.45) is 1.62. The Labute approximate surface area is 156 Å². The Hall–Kier alpha value is -2.57. The van der Waals surface area contributed by atoms with Gasteiger partial charge in [0, 0.05) is 11.6 Å². The molecule has 1 aliphatic heterocycles. The fraction of sp³-hybridized carbons (Fsp3) is 0.263. The third-order valence-electron chi connectivity index (χ3n) is 4.39. The molecule has 26 heavy (non-hydrogen) atoms. The van der Waals surface area contributed by atoms with Crippen LogP contribution in [0.2, 0.25) is 5.02 Å². The molecule has 3 aromatic rings. The average molecular weight is 371 g/mol. The van der Waals surface area contributed by atoms with E-state index < -0.39 is 0 Å². The van der Waals surface area contributed by atoms with Crippen molar-refractivity contribution in [2.75, 3.05) is 25.2 Å². The van der Waals surface area contributed by atoms with Crippen LogP contribution in [-0.4, -0.2) is 35.3 Å². The maximum absolute atomic E-state index is 6.24. The van der Waals surface area contributed by atoms with Crippen molar-refractivity contribution in [1.82, 2.24) is 15.0 Å². The van der Waals surface area contributed by atoms with Gasteiger partial charge in [-0.25, -0.2) is 4.68 Å². The van der Waals surface area contributed by atoms with Gasteiger partial charge in [0.15, 0.2) is 6.23 Å². The van der Waals surface area contributed by atoms with E-state index in [1.165, 1.54) is 0 Å². The van der Waals surface area contributed by atoms with E-state index in [9.17, 15) is 0 Å². The first-order chi connectivity index (χ1) is 12.8. The summed E-state index contributed by atoms with van der Waals surface area (Å²) < 4.78 is 13.2. The third-order valence-corrected chi connectivity index (χ3v) is 4.75. The number of nitrogens with zero attached hydrogens (tertiary/aromatic N) is 4. The number of aromatic nitrogens is 3. The molecule has 0 aliphatic carbocycles. The van der Waals surface area contributed by atoms with Gasteiger partial charge >= 0.3 is 0 Å². The zero-order valence-electron chi connectivity index (χ0n) is 14.4. The molecule has 0 saturated carbocycles. The minimum absolute atomic E-state index is 0.286. The van der Waals surface area contributed by atoms with Gasteiger partial charge < -0.3 is 14.4 Å². The highest BCUT2D eigenvalue weighted by molar-refractivity contribution is 6.31. The fourth-order valence-electron chi connectivity index (χ4n) is 3.13. The standard InChI is InChI=1S/C19H19ClN4O2/c1-25-18-9-5-4-8-17(18)24-10-11-26-19(24)16-13-23(22-21-16)12-14-6-2-3-7-15(14)20/h2-9,13,19H,10-12H2,1H3. The molecule has 1 atom stereocenters. The molecule has 1 saturated heterocycles. The van der Waals surface area contributed by atoms with Crippen molar-refractivity contribution in [2.24, 2.45) is 0 Å². The zero-order chi connectivity index (χ0) is 17.9. The highest BCUT2D eigenvalue weighted by Crippen LogP contribution is 2.36. The highest BCUT2D eigenvalue weighted by Gasteiger charge is 2.31. The van der Waals surface area contributed by atoms with Gasteiger partial charge in [-0.15, -0.1) is 5.10 Å². The molecule has 1 unspecified atom stereocenters. The maximum atomic E-state index is 6.24. The van der Waals surface area contributed by atoms with Crippen molar-refractivity contribution in [1.29, 1.82) is 0 Å². The number of halogens is 1. The topological polar surface area (TPSA) is 52.4 Å². The molecule has 1 aliphatic rings. The van der Waals surface area contributed by atoms with Crippen LogP contribution < -0.4 is 9.64 Å². The molecule has 2 heterocycles. The Balaban J connectivity index is 1.57. The lowest BCUT2D eigenvalue weighted by atomic mass is 10.2. The van der Waals surface area contributed by atoms with Gasteiger partial charge in [-0.3, -0.25) is 0 Å². The van der Waals surface area contributed by atoms with E-state index in [4.69, 9.17) is 21.1 Å². The van der Waals surface area contributed by atoms with Crippen LogP contribution in [-0.2, 0) is 11.3 Å². The summed E-state index contributed by atoms with van der Waals surface area (Å²) >= 11 is 6.24. The molecular weight excluding hydrogens is 352 g/mol. The van der Waals surface area contributed by atoms with Crippen LogP contribution in [0.3, 0.4) is 0 Å². The molecule has 134 valence electrons. The van der Waals surface area contributed by atoms with Crippen molar-refractivity contribution in [2.45, 2.75) is 12.8 Å². The van der Waals surface area contributed by atoms with Gasteiger partial charge in [0.25, 0.3) is 0 Å². The second-order valence-electron chi connectivity index (χ2n) is 6.02. The van der Waals surface area contributed by atoms with Crippen LogP contribution in [0.5, 0.6) is 5.75 Å². The van der Waals surface area contributed by atoms with Gasteiger partial charge in [-0.2, -0.15) is 0 Å². The van der Waals surface area contributed by atoms with E-state index in [2.05, 4.69) is 15.2 Å². The fourth-order valence-corrected chi connectivity index (χ4v) is 3.33. The molecule has 2 aromatic carbocycles. The smallest absolute Gasteiger partial charge is 0.177 e. The first-order valence-electron chi connectivity index (χ1n) is 8.41. The Kier molecular flexibility index (Phi) is 4.77. The molecule has 4 rings (SSSR count). The van der Waals surface area contributed by atoms with Crippen molar-refractivity contribution < 1.29 is 9.47 Å². The van der Waals surface area contributed by atoms with Gasteiger partial charge in [0.05, 0.1) is 32.1 Å². The Morgan fingerprint density at radius 3 is 2.85 bits per heavy atom. The second kappa shape index (κ2) is 7.35. The Morgan fingerprint density at radius 2 is 2.00 bits per heavy atom. The SMILES string of the molecule is COc1ccccc1N1CCOC1c1cn(Cc2ccccc2Cl)nn1. The summed E-state index contributed by atoms with van der Waals surface area (Å²) in [5.74, 6) is 0.812. The molecular formula is C19H19ClN4O2. The molecule has 7 heteroatoms. The lowest BCUT2D eigenvalue weighted by Gasteiger charge is -2.25. The molecule has 1 fully saturated rings. The quantitative estimate of drug-likeness (QED) is 0.687. The number of para-hydroxylation sites is 2. The summed E-state index contributed by atoms with van der Waals surface area (Å²) in [7, 11) is 1.67. The van der Waals surface area contributed by atoms with E-state index in [1.807, 2.05) is 54.7 Å². The zero-order valence-corrected chi connectivity index (χ0v) is 15.1.